The van der Waals surface area contributed by atoms with Gasteiger partial charge in [-0.3, -0.25) is 4.79 Å². The molecule has 0 fully saturated rings. The minimum Gasteiger partial charge on any atom is -0.494 e. The molecule has 0 unspecified atom stereocenters. The summed E-state index contributed by atoms with van der Waals surface area (Å²) in [5, 5.41) is 0. The van der Waals surface area contributed by atoms with Crippen molar-refractivity contribution in [3.05, 3.63) is 24.3 Å². The predicted molar refractivity (Wildman–Crippen MR) is 157 cm³/mol. The molecule has 8 nitrogen and oxygen atoms in total. The molecule has 0 bridgehead atoms. The number of rotatable bonds is 28. The van der Waals surface area contributed by atoms with E-state index in [4.69, 9.17) is 28.4 Å². The summed E-state index contributed by atoms with van der Waals surface area (Å²) in [6, 6.07) is 8.22. The van der Waals surface area contributed by atoms with Gasteiger partial charge in [-0.15, -0.1) is 0 Å². The normalized spacial score (nSPS) is 11.1. The minimum absolute atomic E-state index is 0.137. The standard InChI is InChI=1S/C31H55NO7/c1-4-5-19-34-21-22-35-23-24-36-25-26-37-27-28-39-31(33)14-12-10-8-6-7-9-11-13-20-38-30-17-15-29(16-18-30)32(2)3/h15-18H,4-14,19-28H2,1-3H3. The third-order valence-corrected chi connectivity index (χ3v) is 6.15. The summed E-state index contributed by atoms with van der Waals surface area (Å²) in [5.74, 6) is 0.801. The fraction of sp³-hybridized carbons (Fsp3) is 0.774. The van der Waals surface area contributed by atoms with Crippen molar-refractivity contribution in [2.45, 2.75) is 77.6 Å². The predicted octanol–water partition coefficient (Wildman–Crippen LogP) is 6.05. The molecule has 0 saturated carbocycles. The Balaban J connectivity index is 1.75. The van der Waals surface area contributed by atoms with Crippen LogP contribution in [0.1, 0.15) is 77.6 Å². The van der Waals surface area contributed by atoms with E-state index in [2.05, 4.69) is 24.0 Å². The monoisotopic (exact) mass is 553 g/mol. The van der Waals surface area contributed by atoms with E-state index in [1.807, 2.05) is 26.2 Å². The second-order valence-corrected chi connectivity index (χ2v) is 9.84. The lowest BCUT2D eigenvalue weighted by molar-refractivity contribution is -0.145. The van der Waals surface area contributed by atoms with Crippen LogP contribution < -0.4 is 9.64 Å². The van der Waals surface area contributed by atoms with E-state index in [1.165, 1.54) is 37.8 Å². The van der Waals surface area contributed by atoms with Crippen molar-refractivity contribution in [1.29, 1.82) is 0 Å². The second kappa shape index (κ2) is 26.4. The molecule has 0 spiro atoms. The molecule has 1 aromatic carbocycles. The zero-order valence-corrected chi connectivity index (χ0v) is 25.0. The molecule has 1 rings (SSSR count). The largest absolute Gasteiger partial charge is 0.494 e. The third-order valence-electron chi connectivity index (χ3n) is 6.15. The lowest BCUT2D eigenvalue weighted by Crippen LogP contribution is -2.14. The zero-order valence-electron chi connectivity index (χ0n) is 25.0. The van der Waals surface area contributed by atoms with Gasteiger partial charge in [-0.25, -0.2) is 0 Å². The summed E-state index contributed by atoms with van der Waals surface area (Å²) < 4.78 is 32.8. The van der Waals surface area contributed by atoms with Crippen LogP contribution in [0, 0.1) is 0 Å². The molecule has 0 amide bonds. The topological polar surface area (TPSA) is 75.7 Å². The smallest absolute Gasteiger partial charge is 0.305 e. The van der Waals surface area contributed by atoms with Gasteiger partial charge in [0.05, 0.1) is 52.9 Å². The number of ether oxygens (including phenoxy) is 6. The maximum atomic E-state index is 11.8. The van der Waals surface area contributed by atoms with Crippen LogP contribution in [0.4, 0.5) is 5.69 Å². The first kappa shape index (κ1) is 35.2. The molecule has 0 aliphatic carbocycles. The number of anilines is 1. The quantitative estimate of drug-likeness (QED) is 0.0917. The number of hydrogen-bond donors (Lipinski definition) is 0. The van der Waals surface area contributed by atoms with Crippen LogP contribution in [-0.4, -0.2) is 86.1 Å². The second-order valence-electron chi connectivity index (χ2n) is 9.84. The molecule has 226 valence electrons. The highest BCUT2D eigenvalue weighted by atomic mass is 16.6. The molecule has 0 saturated heterocycles. The Labute approximate surface area is 237 Å². The fourth-order valence-electron chi connectivity index (χ4n) is 3.76. The van der Waals surface area contributed by atoms with Gasteiger partial charge in [0.15, 0.2) is 0 Å². The van der Waals surface area contributed by atoms with Gasteiger partial charge in [0.2, 0.25) is 0 Å². The molecule has 0 atom stereocenters. The van der Waals surface area contributed by atoms with Crippen LogP contribution >= 0.6 is 0 Å². The molecule has 0 N–H and O–H groups in total. The van der Waals surface area contributed by atoms with Crippen molar-refractivity contribution >= 4 is 11.7 Å². The molecule has 0 heterocycles. The first-order chi connectivity index (χ1) is 19.1. The van der Waals surface area contributed by atoms with Crippen molar-refractivity contribution in [2.75, 3.05) is 85.1 Å². The van der Waals surface area contributed by atoms with Crippen LogP contribution in [0.2, 0.25) is 0 Å². The van der Waals surface area contributed by atoms with Gasteiger partial charge >= 0.3 is 5.97 Å². The summed E-state index contributed by atoms with van der Waals surface area (Å²) in [6.07, 6.45) is 11.8. The molecular formula is C31H55NO7. The fourth-order valence-corrected chi connectivity index (χ4v) is 3.76. The summed E-state index contributed by atoms with van der Waals surface area (Å²) in [6.45, 7) is 7.72. The van der Waals surface area contributed by atoms with E-state index in [1.54, 1.807) is 0 Å². The number of carbonyl (C=O) groups is 1. The number of benzene rings is 1. The lowest BCUT2D eigenvalue weighted by Gasteiger charge is -2.13. The summed E-state index contributed by atoms with van der Waals surface area (Å²) in [7, 11) is 4.07. The lowest BCUT2D eigenvalue weighted by atomic mass is 10.1. The average molecular weight is 554 g/mol. The SMILES string of the molecule is CCCCOCCOCCOCCOCCOC(=O)CCCCCCCCCCOc1ccc(N(C)C)cc1. The molecule has 0 aliphatic rings. The first-order valence-electron chi connectivity index (χ1n) is 15.0. The van der Waals surface area contributed by atoms with Gasteiger partial charge in [0.1, 0.15) is 12.4 Å². The Bertz CT molecular complexity index is 669. The molecular weight excluding hydrogens is 498 g/mol. The van der Waals surface area contributed by atoms with Gasteiger partial charge in [0, 0.05) is 32.8 Å². The maximum Gasteiger partial charge on any atom is 0.305 e. The van der Waals surface area contributed by atoms with Crippen molar-refractivity contribution in [3.63, 3.8) is 0 Å². The molecule has 8 heteroatoms. The number of nitrogens with zero attached hydrogens (tertiary/aromatic N) is 1. The van der Waals surface area contributed by atoms with Crippen LogP contribution in [0.3, 0.4) is 0 Å². The molecule has 0 aromatic heterocycles. The highest BCUT2D eigenvalue weighted by Crippen LogP contribution is 2.18. The third kappa shape index (κ3) is 22.6. The Hall–Kier alpha value is -1.87. The molecule has 1 aromatic rings. The van der Waals surface area contributed by atoms with Crippen LogP contribution in [-0.2, 0) is 28.5 Å². The highest BCUT2D eigenvalue weighted by Gasteiger charge is 2.03. The van der Waals surface area contributed by atoms with E-state index in [9.17, 15) is 4.79 Å². The highest BCUT2D eigenvalue weighted by molar-refractivity contribution is 5.69. The van der Waals surface area contributed by atoms with Crippen LogP contribution in [0.25, 0.3) is 0 Å². The van der Waals surface area contributed by atoms with Gasteiger partial charge in [-0.05, 0) is 43.5 Å². The number of carbonyl (C=O) groups excluding carboxylic acids is 1. The van der Waals surface area contributed by atoms with Gasteiger partial charge in [-0.2, -0.15) is 0 Å². The Morgan fingerprint density at radius 3 is 1.62 bits per heavy atom. The van der Waals surface area contributed by atoms with E-state index in [-0.39, 0.29) is 5.97 Å². The Morgan fingerprint density at radius 2 is 1.08 bits per heavy atom. The Morgan fingerprint density at radius 1 is 0.590 bits per heavy atom. The van der Waals surface area contributed by atoms with Gasteiger partial charge in [-0.1, -0.05) is 51.9 Å². The van der Waals surface area contributed by atoms with E-state index < -0.39 is 0 Å². The molecule has 0 radical (unpaired) electrons. The summed E-state index contributed by atoms with van der Waals surface area (Å²) in [5.41, 5.74) is 1.18. The summed E-state index contributed by atoms with van der Waals surface area (Å²) in [4.78, 5) is 13.9. The van der Waals surface area contributed by atoms with Crippen LogP contribution in [0.5, 0.6) is 5.75 Å². The minimum atomic E-state index is -0.137. The zero-order chi connectivity index (χ0) is 28.2. The summed E-state index contributed by atoms with van der Waals surface area (Å²) >= 11 is 0. The number of unbranched alkanes of at least 4 members (excludes halogenated alkanes) is 8. The van der Waals surface area contributed by atoms with Crippen molar-refractivity contribution < 1.29 is 33.2 Å². The van der Waals surface area contributed by atoms with E-state index in [0.717, 1.165) is 51.1 Å². The van der Waals surface area contributed by atoms with E-state index >= 15 is 0 Å². The first-order valence-corrected chi connectivity index (χ1v) is 15.0. The molecule has 39 heavy (non-hydrogen) atoms. The van der Waals surface area contributed by atoms with Gasteiger partial charge in [0.25, 0.3) is 0 Å². The van der Waals surface area contributed by atoms with Crippen molar-refractivity contribution in [3.8, 4) is 5.75 Å². The van der Waals surface area contributed by atoms with E-state index in [0.29, 0.717) is 59.3 Å². The van der Waals surface area contributed by atoms with Crippen molar-refractivity contribution in [1.82, 2.24) is 0 Å². The average Bonchev–Trinajstić information content (AvgIpc) is 2.94. The number of esters is 1. The number of hydrogen-bond acceptors (Lipinski definition) is 8. The molecule has 0 aliphatic heterocycles. The van der Waals surface area contributed by atoms with Gasteiger partial charge < -0.3 is 33.3 Å². The maximum absolute atomic E-state index is 11.8. The Kier molecular flexibility index (Phi) is 23.8. The van der Waals surface area contributed by atoms with Crippen molar-refractivity contribution in [2.24, 2.45) is 0 Å². The van der Waals surface area contributed by atoms with Crippen LogP contribution in [0.15, 0.2) is 24.3 Å².